The van der Waals surface area contributed by atoms with Gasteiger partial charge in [-0.25, -0.2) is 0 Å². The van der Waals surface area contributed by atoms with E-state index in [0.717, 1.165) is 10.6 Å². The van der Waals surface area contributed by atoms with Crippen LogP contribution in [0.5, 0.6) is 5.75 Å². The number of carbonyl (C=O) groups excluding carboxylic acids is 1. The van der Waals surface area contributed by atoms with Crippen LogP contribution in [-0.4, -0.2) is 18.0 Å². The normalized spacial score (nSPS) is 10.5. The first kappa shape index (κ1) is 16.5. The first-order valence-corrected chi connectivity index (χ1v) is 8.50. The van der Waals surface area contributed by atoms with Crippen molar-refractivity contribution < 1.29 is 9.53 Å². The highest BCUT2D eigenvalue weighted by molar-refractivity contribution is 7.13. The fourth-order valence-electron chi connectivity index (χ4n) is 2.28. The molecule has 1 amide bonds. The fourth-order valence-corrected chi connectivity index (χ4v) is 3.19. The van der Waals surface area contributed by atoms with Crippen molar-refractivity contribution in [1.29, 1.82) is 0 Å². The smallest absolute Gasteiger partial charge is 0.257 e. The Balaban J connectivity index is 1.83. The van der Waals surface area contributed by atoms with Gasteiger partial charge < -0.3 is 10.1 Å². The molecule has 24 heavy (non-hydrogen) atoms. The van der Waals surface area contributed by atoms with Gasteiger partial charge in [0, 0.05) is 6.07 Å². The first-order valence-electron chi connectivity index (χ1n) is 7.25. The maximum atomic E-state index is 12.5. The van der Waals surface area contributed by atoms with Crippen molar-refractivity contribution >= 4 is 34.5 Å². The molecule has 0 bridgehead atoms. The number of methoxy groups -OCH3 is 1. The molecule has 0 aliphatic rings. The summed E-state index contributed by atoms with van der Waals surface area (Å²) < 4.78 is 5.10. The van der Waals surface area contributed by atoms with Gasteiger partial charge in [-0.05, 0) is 42.6 Å². The Morgan fingerprint density at radius 1 is 1.25 bits per heavy atom. The van der Waals surface area contributed by atoms with Gasteiger partial charge in [0.25, 0.3) is 5.91 Å². The van der Waals surface area contributed by atoms with Gasteiger partial charge >= 0.3 is 0 Å². The number of anilines is 1. The number of amides is 1. The molecule has 0 spiro atoms. The molecule has 1 N–H and O–H groups in total. The number of rotatable bonds is 4. The van der Waals surface area contributed by atoms with E-state index in [1.54, 1.807) is 42.7 Å². The minimum atomic E-state index is -0.246. The summed E-state index contributed by atoms with van der Waals surface area (Å²) in [6.45, 7) is 1.82. The average Bonchev–Trinajstić information content (AvgIpc) is 3.11. The van der Waals surface area contributed by atoms with Crippen molar-refractivity contribution in [3.8, 4) is 16.3 Å². The van der Waals surface area contributed by atoms with Crippen molar-refractivity contribution in [3.63, 3.8) is 0 Å². The summed E-state index contributed by atoms with van der Waals surface area (Å²) in [5.74, 6) is 0.390. The number of nitrogens with zero attached hydrogens (tertiary/aromatic N) is 1. The summed E-state index contributed by atoms with van der Waals surface area (Å²) in [4.78, 5) is 18.1. The molecule has 1 aromatic carbocycles. The summed E-state index contributed by atoms with van der Waals surface area (Å²) in [5, 5.41) is 5.23. The molecule has 0 saturated heterocycles. The lowest BCUT2D eigenvalue weighted by molar-refractivity contribution is 0.102. The van der Waals surface area contributed by atoms with E-state index in [2.05, 4.69) is 10.3 Å². The second-order valence-electron chi connectivity index (χ2n) is 5.11. The van der Waals surface area contributed by atoms with Gasteiger partial charge in [-0.1, -0.05) is 17.7 Å². The predicted octanol–water partition coefficient (Wildman–Crippen LogP) is 5.03. The lowest BCUT2D eigenvalue weighted by Gasteiger charge is -2.10. The van der Waals surface area contributed by atoms with Crippen LogP contribution in [0.3, 0.4) is 0 Å². The number of halogens is 1. The van der Waals surface area contributed by atoms with Crippen LogP contribution in [0.1, 0.15) is 16.1 Å². The van der Waals surface area contributed by atoms with Crippen LogP contribution in [0.15, 0.2) is 47.8 Å². The highest BCUT2D eigenvalue weighted by atomic mass is 35.5. The second-order valence-corrected chi connectivity index (χ2v) is 6.46. The van der Waals surface area contributed by atoms with Gasteiger partial charge in [0.15, 0.2) is 0 Å². The molecular formula is C18H15ClN2O2S. The second kappa shape index (κ2) is 7.03. The van der Waals surface area contributed by atoms with Crippen LogP contribution < -0.4 is 10.1 Å². The van der Waals surface area contributed by atoms with E-state index in [4.69, 9.17) is 16.3 Å². The summed E-state index contributed by atoms with van der Waals surface area (Å²) in [5.41, 5.74) is 2.58. The topological polar surface area (TPSA) is 51.2 Å². The standard InChI is InChI=1S/C18H15ClN2O2S/c1-11-13(6-8-16(20-11)17-4-3-9-24-17)18(22)21-15-7-5-12(23-2)10-14(15)19/h3-10H,1-2H3,(H,21,22). The molecule has 4 nitrogen and oxygen atoms in total. The van der Waals surface area contributed by atoms with Crippen LogP contribution in [0.25, 0.3) is 10.6 Å². The summed E-state index contributed by atoms with van der Waals surface area (Å²) >= 11 is 7.78. The van der Waals surface area contributed by atoms with E-state index < -0.39 is 0 Å². The van der Waals surface area contributed by atoms with Crippen LogP contribution in [0.4, 0.5) is 5.69 Å². The molecule has 2 aromatic heterocycles. The SMILES string of the molecule is COc1ccc(NC(=O)c2ccc(-c3cccs3)nc2C)c(Cl)c1. The van der Waals surface area contributed by atoms with Gasteiger partial charge in [-0.2, -0.15) is 0 Å². The highest BCUT2D eigenvalue weighted by Gasteiger charge is 2.13. The molecule has 0 saturated carbocycles. The largest absolute Gasteiger partial charge is 0.497 e. The fraction of sp³-hybridized carbons (Fsp3) is 0.111. The maximum Gasteiger partial charge on any atom is 0.257 e. The number of aryl methyl sites for hydroxylation is 1. The summed E-state index contributed by atoms with van der Waals surface area (Å²) in [6, 6.07) is 12.7. The predicted molar refractivity (Wildman–Crippen MR) is 98.2 cm³/mol. The number of hydrogen-bond donors (Lipinski definition) is 1. The molecule has 0 fully saturated rings. The van der Waals surface area contributed by atoms with Gasteiger partial charge in [-0.15, -0.1) is 11.3 Å². The molecular weight excluding hydrogens is 344 g/mol. The molecule has 122 valence electrons. The van der Waals surface area contributed by atoms with Crippen LogP contribution in [0, 0.1) is 6.92 Å². The van der Waals surface area contributed by atoms with E-state index in [-0.39, 0.29) is 5.91 Å². The summed E-state index contributed by atoms with van der Waals surface area (Å²) in [6.07, 6.45) is 0. The van der Waals surface area contributed by atoms with Crippen LogP contribution >= 0.6 is 22.9 Å². The Kier molecular flexibility index (Phi) is 4.83. The minimum Gasteiger partial charge on any atom is -0.497 e. The quantitative estimate of drug-likeness (QED) is 0.711. The molecule has 3 aromatic rings. The number of ether oxygens (including phenoxy) is 1. The lowest BCUT2D eigenvalue weighted by atomic mass is 10.1. The number of aromatic nitrogens is 1. The Hall–Kier alpha value is -2.37. The van der Waals surface area contributed by atoms with E-state index in [1.165, 1.54) is 0 Å². The zero-order valence-electron chi connectivity index (χ0n) is 13.2. The number of carbonyl (C=O) groups is 1. The highest BCUT2D eigenvalue weighted by Crippen LogP contribution is 2.28. The average molecular weight is 359 g/mol. The van der Waals surface area contributed by atoms with Crippen molar-refractivity contribution in [2.45, 2.75) is 6.92 Å². The van der Waals surface area contributed by atoms with Gasteiger partial charge in [-0.3, -0.25) is 9.78 Å². The molecule has 3 rings (SSSR count). The Morgan fingerprint density at radius 3 is 2.71 bits per heavy atom. The monoisotopic (exact) mass is 358 g/mol. The third-order valence-corrected chi connectivity index (χ3v) is 4.73. The molecule has 0 aliphatic carbocycles. The maximum absolute atomic E-state index is 12.5. The van der Waals surface area contributed by atoms with Crippen molar-refractivity contribution in [1.82, 2.24) is 4.98 Å². The minimum absolute atomic E-state index is 0.246. The lowest BCUT2D eigenvalue weighted by Crippen LogP contribution is -2.14. The molecule has 6 heteroatoms. The van der Waals surface area contributed by atoms with Gasteiger partial charge in [0.05, 0.1) is 39.6 Å². The van der Waals surface area contributed by atoms with Crippen LogP contribution in [0.2, 0.25) is 5.02 Å². The Morgan fingerprint density at radius 2 is 2.08 bits per heavy atom. The molecule has 0 atom stereocenters. The molecule has 2 heterocycles. The third kappa shape index (κ3) is 3.42. The van der Waals surface area contributed by atoms with Gasteiger partial charge in [0.1, 0.15) is 5.75 Å². The molecule has 0 unspecified atom stereocenters. The van der Waals surface area contributed by atoms with E-state index in [1.807, 2.05) is 30.5 Å². The number of pyridine rings is 1. The van der Waals surface area contributed by atoms with Crippen LogP contribution in [-0.2, 0) is 0 Å². The van der Waals surface area contributed by atoms with E-state index in [9.17, 15) is 4.79 Å². The number of thiophene rings is 1. The van der Waals surface area contributed by atoms with E-state index >= 15 is 0 Å². The van der Waals surface area contributed by atoms with Gasteiger partial charge in [0.2, 0.25) is 0 Å². The third-order valence-electron chi connectivity index (χ3n) is 3.53. The van der Waals surface area contributed by atoms with Crippen molar-refractivity contribution in [2.75, 3.05) is 12.4 Å². The zero-order valence-corrected chi connectivity index (χ0v) is 14.7. The zero-order chi connectivity index (χ0) is 17.1. The Bertz CT molecular complexity index is 879. The van der Waals surface area contributed by atoms with Crippen molar-refractivity contribution in [3.05, 3.63) is 64.1 Å². The van der Waals surface area contributed by atoms with Crippen molar-refractivity contribution in [2.24, 2.45) is 0 Å². The van der Waals surface area contributed by atoms with E-state index in [0.29, 0.717) is 27.7 Å². The molecule has 0 radical (unpaired) electrons. The number of hydrogen-bond acceptors (Lipinski definition) is 4. The first-order chi connectivity index (χ1) is 11.6. The molecule has 0 aliphatic heterocycles. The number of nitrogens with one attached hydrogen (secondary N) is 1. The summed E-state index contributed by atoms with van der Waals surface area (Å²) in [7, 11) is 1.56. The Labute approximate surface area is 149 Å². The number of benzene rings is 1.